The standard InChI is InChI=1S/C14H30N4O3/c1-4-14(2,3)8-10(19)9-18-11(12(20)21)6-5-7-17-13(15)16/h10-11,18-19H,4-9H2,1-3H3,(H,20,21)(H4,15,16,17). The number of hydrogen-bond donors (Lipinski definition) is 5. The molecule has 7 N–H and O–H groups in total. The van der Waals surface area contributed by atoms with Crippen molar-refractivity contribution in [3.8, 4) is 0 Å². The Morgan fingerprint density at radius 3 is 2.48 bits per heavy atom. The second-order valence-corrected chi connectivity index (χ2v) is 6.12. The van der Waals surface area contributed by atoms with E-state index >= 15 is 0 Å². The van der Waals surface area contributed by atoms with Gasteiger partial charge in [0.25, 0.3) is 0 Å². The highest BCUT2D eigenvalue weighted by atomic mass is 16.4. The Bertz CT molecular complexity index is 341. The minimum atomic E-state index is -0.929. The predicted molar refractivity (Wildman–Crippen MR) is 84.0 cm³/mol. The molecular weight excluding hydrogens is 272 g/mol. The molecule has 7 heteroatoms. The molecule has 0 aromatic carbocycles. The number of hydrogen-bond acceptors (Lipinski definition) is 4. The number of carbonyl (C=O) groups is 1. The molecule has 0 spiro atoms. The van der Waals surface area contributed by atoms with Gasteiger partial charge in [-0.15, -0.1) is 0 Å². The Hall–Kier alpha value is -1.34. The topological polar surface area (TPSA) is 134 Å². The number of nitrogens with one attached hydrogen (secondary N) is 1. The molecule has 0 rings (SSSR count). The Morgan fingerprint density at radius 1 is 1.38 bits per heavy atom. The number of carboxylic acid groups (broad SMARTS) is 1. The fourth-order valence-electron chi connectivity index (χ4n) is 1.95. The maximum Gasteiger partial charge on any atom is 0.320 e. The average Bonchev–Trinajstić information content (AvgIpc) is 2.36. The van der Waals surface area contributed by atoms with Crippen molar-refractivity contribution in [1.29, 1.82) is 0 Å². The summed E-state index contributed by atoms with van der Waals surface area (Å²) in [6, 6.07) is -0.696. The molecule has 0 saturated heterocycles. The van der Waals surface area contributed by atoms with Gasteiger partial charge >= 0.3 is 5.97 Å². The van der Waals surface area contributed by atoms with Gasteiger partial charge in [-0.05, 0) is 24.7 Å². The lowest BCUT2D eigenvalue weighted by Gasteiger charge is -2.26. The number of aliphatic imine (C=N–C) groups is 1. The summed E-state index contributed by atoms with van der Waals surface area (Å²) in [6.07, 6.45) is 2.02. The second-order valence-electron chi connectivity index (χ2n) is 6.12. The summed E-state index contributed by atoms with van der Waals surface area (Å²) in [6.45, 7) is 6.91. The number of carboxylic acids is 1. The van der Waals surface area contributed by atoms with Gasteiger partial charge in [0, 0.05) is 13.1 Å². The van der Waals surface area contributed by atoms with Gasteiger partial charge in [0.2, 0.25) is 0 Å². The average molecular weight is 302 g/mol. The molecule has 21 heavy (non-hydrogen) atoms. The fraction of sp³-hybridized carbons (Fsp3) is 0.857. The zero-order valence-electron chi connectivity index (χ0n) is 13.3. The molecule has 0 aromatic rings. The maximum absolute atomic E-state index is 11.2. The molecular formula is C14H30N4O3. The van der Waals surface area contributed by atoms with E-state index in [0.717, 1.165) is 6.42 Å². The van der Waals surface area contributed by atoms with Gasteiger partial charge in [-0.3, -0.25) is 9.79 Å². The zero-order valence-corrected chi connectivity index (χ0v) is 13.3. The Balaban J connectivity index is 4.15. The fourth-order valence-corrected chi connectivity index (χ4v) is 1.95. The maximum atomic E-state index is 11.2. The number of aliphatic hydroxyl groups is 1. The van der Waals surface area contributed by atoms with Gasteiger partial charge in [-0.25, -0.2) is 0 Å². The molecule has 0 aliphatic rings. The highest BCUT2D eigenvalue weighted by molar-refractivity contribution is 5.75. The van der Waals surface area contributed by atoms with Crippen LogP contribution < -0.4 is 16.8 Å². The van der Waals surface area contributed by atoms with Crippen molar-refractivity contribution in [2.75, 3.05) is 13.1 Å². The quantitative estimate of drug-likeness (QED) is 0.211. The van der Waals surface area contributed by atoms with E-state index in [1.807, 2.05) is 0 Å². The summed E-state index contributed by atoms with van der Waals surface area (Å²) in [4.78, 5) is 15.0. The van der Waals surface area contributed by atoms with E-state index < -0.39 is 18.1 Å². The van der Waals surface area contributed by atoms with Gasteiger partial charge in [-0.1, -0.05) is 27.2 Å². The van der Waals surface area contributed by atoms with Crippen molar-refractivity contribution in [3.63, 3.8) is 0 Å². The molecule has 0 aliphatic carbocycles. The molecule has 2 atom stereocenters. The van der Waals surface area contributed by atoms with Crippen LogP contribution in [0.25, 0.3) is 0 Å². The van der Waals surface area contributed by atoms with Crippen molar-refractivity contribution in [2.45, 2.75) is 58.6 Å². The first kappa shape index (κ1) is 19.7. The Kier molecular flexibility index (Phi) is 8.96. The van der Waals surface area contributed by atoms with E-state index in [0.29, 0.717) is 25.8 Å². The highest BCUT2D eigenvalue weighted by Crippen LogP contribution is 2.25. The first-order valence-corrected chi connectivity index (χ1v) is 7.37. The van der Waals surface area contributed by atoms with Gasteiger partial charge in [0.05, 0.1) is 6.10 Å². The van der Waals surface area contributed by atoms with E-state index in [4.69, 9.17) is 16.6 Å². The number of rotatable bonds is 11. The summed E-state index contributed by atoms with van der Waals surface area (Å²) >= 11 is 0. The molecule has 0 radical (unpaired) electrons. The van der Waals surface area contributed by atoms with Gasteiger partial charge in [0.1, 0.15) is 6.04 Å². The van der Waals surface area contributed by atoms with Crippen LogP contribution in [0, 0.1) is 5.41 Å². The Labute approximate surface area is 126 Å². The molecule has 0 aromatic heterocycles. The van der Waals surface area contributed by atoms with Gasteiger partial charge in [0.15, 0.2) is 5.96 Å². The number of nitrogens with two attached hydrogens (primary N) is 2. The van der Waals surface area contributed by atoms with Crippen LogP contribution >= 0.6 is 0 Å². The van der Waals surface area contributed by atoms with Crippen LogP contribution in [-0.4, -0.2) is 47.4 Å². The first-order valence-electron chi connectivity index (χ1n) is 7.37. The van der Waals surface area contributed by atoms with Crippen molar-refractivity contribution >= 4 is 11.9 Å². The number of guanidine groups is 1. The molecule has 0 heterocycles. The first-order chi connectivity index (χ1) is 9.68. The molecule has 124 valence electrons. The van der Waals surface area contributed by atoms with E-state index in [-0.39, 0.29) is 17.9 Å². The summed E-state index contributed by atoms with van der Waals surface area (Å²) in [5.41, 5.74) is 10.5. The third-order valence-corrected chi connectivity index (χ3v) is 3.59. The Morgan fingerprint density at radius 2 is 2.00 bits per heavy atom. The van der Waals surface area contributed by atoms with Crippen LogP contribution in [0.15, 0.2) is 4.99 Å². The lowest BCUT2D eigenvalue weighted by Crippen LogP contribution is -2.42. The minimum absolute atomic E-state index is 0.00653. The van der Waals surface area contributed by atoms with Gasteiger partial charge < -0.3 is 27.0 Å². The molecule has 7 nitrogen and oxygen atoms in total. The number of nitrogens with zero attached hydrogens (tertiary/aromatic N) is 1. The summed E-state index contributed by atoms with van der Waals surface area (Å²) < 4.78 is 0. The van der Waals surface area contributed by atoms with Crippen LogP contribution in [0.4, 0.5) is 0 Å². The molecule has 2 unspecified atom stereocenters. The SMILES string of the molecule is CCC(C)(C)CC(O)CNC(CCCN=C(N)N)C(=O)O. The van der Waals surface area contributed by atoms with E-state index in [1.165, 1.54) is 0 Å². The minimum Gasteiger partial charge on any atom is -0.480 e. The van der Waals surface area contributed by atoms with Crippen molar-refractivity contribution in [1.82, 2.24) is 5.32 Å². The highest BCUT2D eigenvalue weighted by Gasteiger charge is 2.22. The van der Waals surface area contributed by atoms with E-state index in [1.54, 1.807) is 0 Å². The lowest BCUT2D eigenvalue weighted by atomic mass is 9.84. The van der Waals surface area contributed by atoms with Crippen molar-refractivity contribution in [3.05, 3.63) is 0 Å². The van der Waals surface area contributed by atoms with Crippen molar-refractivity contribution < 1.29 is 15.0 Å². The van der Waals surface area contributed by atoms with E-state index in [2.05, 4.69) is 31.1 Å². The van der Waals surface area contributed by atoms with Crippen LogP contribution in [0.2, 0.25) is 0 Å². The monoisotopic (exact) mass is 302 g/mol. The number of aliphatic hydroxyl groups excluding tert-OH is 1. The summed E-state index contributed by atoms with van der Waals surface area (Å²) in [7, 11) is 0. The molecule has 0 aliphatic heterocycles. The summed E-state index contributed by atoms with van der Waals surface area (Å²) in [5.74, 6) is -0.922. The smallest absolute Gasteiger partial charge is 0.320 e. The molecule has 0 bridgehead atoms. The van der Waals surface area contributed by atoms with E-state index in [9.17, 15) is 9.90 Å². The van der Waals surface area contributed by atoms with Crippen molar-refractivity contribution in [2.24, 2.45) is 21.9 Å². The van der Waals surface area contributed by atoms with Crippen LogP contribution in [0.3, 0.4) is 0 Å². The molecule has 0 fully saturated rings. The van der Waals surface area contributed by atoms with Crippen LogP contribution in [-0.2, 0) is 4.79 Å². The predicted octanol–water partition coefficient (Wildman–Crippen LogP) is 0.270. The molecule has 0 saturated carbocycles. The van der Waals surface area contributed by atoms with Gasteiger partial charge in [-0.2, -0.15) is 0 Å². The largest absolute Gasteiger partial charge is 0.480 e. The normalized spacial score (nSPS) is 14.5. The lowest BCUT2D eigenvalue weighted by molar-refractivity contribution is -0.139. The zero-order chi connectivity index (χ0) is 16.5. The third kappa shape index (κ3) is 10.1. The molecule has 0 amide bonds. The van der Waals surface area contributed by atoms with Crippen LogP contribution in [0.1, 0.15) is 46.5 Å². The summed E-state index contributed by atoms with van der Waals surface area (Å²) in [5, 5.41) is 22.0. The number of aliphatic carboxylic acids is 1. The third-order valence-electron chi connectivity index (χ3n) is 3.59. The van der Waals surface area contributed by atoms with Crippen LogP contribution in [0.5, 0.6) is 0 Å². The second kappa shape index (κ2) is 9.57.